The molecule has 2 fully saturated rings. The zero-order valence-corrected chi connectivity index (χ0v) is 17.3. The van der Waals surface area contributed by atoms with Crippen molar-refractivity contribution in [1.82, 2.24) is 25.4 Å². The van der Waals surface area contributed by atoms with Crippen molar-refractivity contribution in [3.8, 4) is 0 Å². The van der Waals surface area contributed by atoms with Gasteiger partial charge in [-0.1, -0.05) is 6.92 Å². The summed E-state index contributed by atoms with van der Waals surface area (Å²) in [4.78, 5) is 19.1. The van der Waals surface area contributed by atoms with Gasteiger partial charge in [-0.15, -0.1) is 0 Å². The number of aromatic nitrogens is 3. The lowest BCUT2D eigenvalue weighted by atomic mass is 9.80. The fourth-order valence-corrected chi connectivity index (χ4v) is 4.67. The average molecular weight is 401 g/mol. The lowest BCUT2D eigenvalue weighted by Gasteiger charge is -2.47. The van der Waals surface area contributed by atoms with Gasteiger partial charge in [0, 0.05) is 25.3 Å². The van der Waals surface area contributed by atoms with Gasteiger partial charge in [-0.2, -0.15) is 5.10 Å². The van der Waals surface area contributed by atoms with Crippen LogP contribution in [0, 0.1) is 12.8 Å². The lowest BCUT2D eigenvalue weighted by Crippen LogP contribution is -2.63. The molecule has 2 aliphatic rings. The van der Waals surface area contributed by atoms with Crippen molar-refractivity contribution in [2.45, 2.75) is 64.1 Å². The van der Waals surface area contributed by atoms with Crippen LogP contribution in [0.15, 0.2) is 12.3 Å². The Morgan fingerprint density at radius 1 is 1.34 bits per heavy atom. The Morgan fingerprint density at radius 3 is 2.83 bits per heavy atom. The van der Waals surface area contributed by atoms with Gasteiger partial charge in [0.25, 0.3) is 0 Å². The molecule has 1 saturated carbocycles. The first-order chi connectivity index (χ1) is 14.0. The van der Waals surface area contributed by atoms with Gasteiger partial charge in [-0.05, 0) is 56.6 Å². The van der Waals surface area contributed by atoms with E-state index in [-0.39, 0.29) is 24.6 Å². The Hall–Kier alpha value is -2.19. The van der Waals surface area contributed by atoms with Crippen LogP contribution in [0.1, 0.15) is 44.6 Å². The van der Waals surface area contributed by atoms with Crippen LogP contribution in [0.3, 0.4) is 0 Å². The van der Waals surface area contributed by atoms with E-state index in [0.717, 1.165) is 56.1 Å². The summed E-state index contributed by atoms with van der Waals surface area (Å²) in [6.45, 7) is 6.08. The molecule has 1 atom stereocenters. The van der Waals surface area contributed by atoms with Crippen molar-refractivity contribution in [2.75, 3.05) is 25.0 Å². The number of H-pyrrole nitrogens is 1. The molecule has 8 heteroatoms. The SMILES string of the molecule is CCC(O)C1CCC(N2CC(NC(=O)CNc3n[nH]c4ncc(C)cc34)C2)CC1. The minimum atomic E-state index is -0.141. The molecular formula is C21H32N6O2. The van der Waals surface area contributed by atoms with Crippen LogP contribution in [-0.2, 0) is 4.79 Å². The first-order valence-electron chi connectivity index (χ1n) is 10.8. The van der Waals surface area contributed by atoms with Gasteiger partial charge in [-0.3, -0.25) is 14.8 Å². The zero-order valence-electron chi connectivity index (χ0n) is 17.3. The molecule has 1 amide bonds. The van der Waals surface area contributed by atoms with E-state index in [1.165, 1.54) is 0 Å². The topological polar surface area (TPSA) is 106 Å². The number of hydrogen-bond acceptors (Lipinski definition) is 6. The van der Waals surface area contributed by atoms with E-state index in [4.69, 9.17) is 0 Å². The van der Waals surface area contributed by atoms with Gasteiger partial charge in [-0.25, -0.2) is 4.98 Å². The third-order valence-electron chi connectivity index (χ3n) is 6.46. The van der Waals surface area contributed by atoms with E-state index in [1.807, 2.05) is 13.0 Å². The van der Waals surface area contributed by atoms with Gasteiger partial charge in [0.05, 0.1) is 24.1 Å². The molecule has 2 aromatic rings. The van der Waals surface area contributed by atoms with Crippen molar-refractivity contribution >= 4 is 22.8 Å². The van der Waals surface area contributed by atoms with E-state index < -0.39 is 0 Å². The molecule has 8 nitrogen and oxygen atoms in total. The Balaban J connectivity index is 1.18. The Kier molecular flexibility index (Phi) is 6.01. The van der Waals surface area contributed by atoms with Crippen molar-refractivity contribution < 1.29 is 9.90 Å². The number of pyridine rings is 1. The number of carbonyl (C=O) groups excluding carboxylic acids is 1. The smallest absolute Gasteiger partial charge is 0.239 e. The third kappa shape index (κ3) is 4.53. The number of anilines is 1. The standard InChI is InChI=1S/C21H32N6O2/c1-3-18(28)14-4-6-16(7-5-14)27-11-15(12-27)24-19(29)10-23-21-17-8-13(2)9-22-20(17)25-26-21/h8-9,14-16,18,28H,3-7,10-12H2,1-2H3,(H,24,29)(H2,22,23,25,26). The number of aromatic amines is 1. The fraction of sp³-hybridized carbons (Fsp3) is 0.667. The second kappa shape index (κ2) is 8.67. The zero-order chi connectivity index (χ0) is 20.4. The van der Waals surface area contributed by atoms with Crippen molar-refractivity contribution in [3.05, 3.63) is 17.8 Å². The number of amides is 1. The highest BCUT2D eigenvalue weighted by Crippen LogP contribution is 2.32. The molecular weight excluding hydrogens is 368 g/mol. The number of aliphatic hydroxyl groups excluding tert-OH is 1. The summed E-state index contributed by atoms with van der Waals surface area (Å²) >= 11 is 0. The second-order valence-corrected chi connectivity index (χ2v) is 8.60. The number of hydrogen-bond donors (Lipinski definition) is 4. The molecule has 0 aromatic carbocycles. The third-order valence-corrected chi connectivity index (χ3v) is 6.46. The number of aliphatic hydroxyl groups is 1. The van der Waals surface area contributed by atoms with E-state index in [1.54, 1.807) is 6.20 Å². The van der Waals surface area contributed by atoms with Crippen molar-refractivity contribution in [1.29, 1.82) is 0 Å². The molecule has 1 saturated heterocycles. The minimum absolute atomic E-state index is 0.0128. The molecule has 158 valence electrons. The number of carbonyl (C=O) groups is 1. The molecule has 1 aliphatic carbocycles. The molecule has 1 aliphatic heterocycles. The predicted molar refractivity (Wildman–Crippen MR) is 113 cm³/mol. The van der Waals surface area contributed by atoms with Crippen molar-refractivity contribution in [2.24, 2.45) is 5.92 Å². The lowest BCUT2D eigenvalue weighted by molar-refractivity contribution is -0.121. The quantitative estimate of drug-likeness (QED) is 0.565. The van der Waals surface area contributed by atoms with Crippen LogP contribution in [0.4, 0.5) is 5.82 Å². The highest BCUT2D eigenvalue weighted by Gasteiger charge is 2.36. The van der Waals surface area contributed by atoms with Crippen LogP contribution < -0.4 is 10.6 Å². The monoisotopic (exact) mass is 400 g/mol. The van der Waals surface area contributed by atoms with Gasteiger partial charge in [0.15, 0.2) is 11.5 Å². The summed E-state index contributed by atoms with van der Waals surface area (Å²) in [6.07, 6.45) is 7.04. The van der Waals surface area contributed by atoms with E-state index >= 15 is 0 Å². The second-order valence-electron chi connectivity index (χ2n) is 8.60. The summed E-state index contributed by atoms with van der Waals surface area (Å²) in [6, 6.07) is 2.83. The molecule has 3 heterocycles. The summed E-state index contributed by atoms with van der Waals surface area (Å²) in [7, 11) is 0. The Labute approximate surface area is 171 Å². The number of fused-ring (bicyclic) bond motifs is 1. The van der Waals surface area contributed by atoms with Crippen LogP contribution >= 0.6 is 0 Å². The predicted octanol–water partition coefficient (Wildman–Crippen LogP) is 1.81. The Morgan fingerprint density at radius 2 is 2.10 bits per heavy atom. The Bertz CT molecular complexity index is 839. The summed E-state index contributed by atoms with van der Waals surface area (Å²) in [5, 5.41) is 24.2. The summed E-state index contributed by atoms with van der Waals surface area (Å²) in [5.74, 6) is 1.12. The maximum Gasteiger partial charge on any atom is 0.239 e. The molecule has 4 N–H and O–H groups in total. The average Bonchev–Trinajstić information content (AvgIpc) is 3.10. The van der Waals surface area contributed by atoms with Gasteiger partial charge in [0.1, 0.15) is 0 Å². The van der Waals surface area contributed by atoms with Crippen LogP contribution in [-0.4, -0.2) is 68.9 Å². The first kappa shape index (κ1) is 20.1. The maximum absolute atomic E-state index is 12.3. The van der Waals surface area contributed by atoms with Gasteiger partial charge < -0.3 is 15.7 Å². The summed E-state index contributed by atoms with van der Waals surface area (Å²) < 4.78 is 0. The minimum Gasteiger partial charge on any atom is -0.393 e. The number of nitrogens with zero attached hydrogens (tertiary/aromatic N) is 3. The van der Waals surface area contributed by atoms with Gasteiger partial charge in [0.2, 0.25) is 5.91 Å². The highest BCUT2D eigenvalue weighted by atomic mass is 16.3. The molecule has 0 radical (unpaired) electrons. The number of nitrogens with one attached hydrogen (secondary N) is 3. The molecule has 0 bridgehead atoms. The van der Waals surface area contributed by atoms with E-state index in [9.17, 15) is 9.90 Å². The number of aryl methyl sites for hydroxylation is 1. The van der Waals surface area contributed by atoms with Gasteiger partial charge >= 0.3 is 0 Å². The molecule has 2 aromatic heterocycles. The van der Waals surface area contributed by atoms with Crippen molar-refractivity contribution in [3.63, 3.8) is 0 Å². The molecule has 4 rings (SSSR count). The molecule has 29 heavy (non-hydrogen) atoms. The normalized spacial score (nSPS) is 24.2. The largest absolute Gasteiger partial charge is 0.393 e. The molecule has 1 unspecified atom stereocenters. The first-order valence-corrected chi connectivity index (χ1v) is 10.8. The number of rotatable bonds is 7. The van der Waals surface area contributed by atoms with Crippen LogP contribution in [0.25, 0.3) is 11.0 Å². The van der Waals surface area contributed by atoms with Crippen LogP contribution in [0.2, 0.25) is 0 Å². The van der Waals surface area contributed by atoms with E-state index in [0.29, 0.717) is 23.4 Å². The maximum atomic E-state index is 12.3. The molecule has 0 spiro atoms. The number of likely N-dealkylation sites (tertiary alicyclic amines) is 1. The highest BCUT2D eigenvalue weighted by molar-refractivity contribution is 5.89. The van der Waals surface area contributed by atoms with Crippen LogP contribution in [0.5, 0.6) is 0 Å². The van der Waals surface area contributed by atoms with E-state index in [2.05, 4.69) is 37.6 Å². The summed E-state index contributed by atoms with van der Waals surface area (Å²) in [5.41, 5.74) is 1.77. The fourth-order valence-electron chi connectivity index (χ4n) is 4.67.